The summed E-state index contributed by atoms with van der Waals surface area (Å²) in [6, 6.07) is 12.4. The number of ether oxygens (including phenoxy) is 1. The number of benzene rings is 2. The van der Waals surface area contributed by atoms with Crippen molar-refractivity contribution in [2.24, 2.45) is 5.73 Å². The third kappa shape index (κ3) is 2.23. The molecule has 0 aromatic heterocycles. The molecule has 0 spiro atoms. The molecular weight excluding hydrogens is 198 g/mol. The largest absolute Gasteiger partial charge is 0.497 e. The first kappa shape index (κ1) is 10.7. The number of nitrogens with two attached hydrogens (primary N) is 1. The number of fused-ring (bicyclic) bond motifs is 1. The second-order valence-electron chi connectivity index (χ2n) is 3.61. The highest BCUT2D eigenvalue weighted by Crippen LogP contribution is 2.22. The lowest BCUT2D eigenvalue weighted by Crippen LogP contribution is -1.91. The van der Waals surface area contributed by atoms with Crippen molar-refractivity contribution in [3.63, 3.8) is 0 Å². The van der Waals surface area contributed by atoms with Gasteiger partial charge >= 0.3 is 0 Å². The highest BCUT2D eigenvalue weighted by atomic mass is 16.5. The van der Waals surface area contributed by atoms with Gasteiger partial charge in [0, 0.05) is 6.54 Å². The van der Waals surface area contributed by atoms with Crippen LogP contribution in [0.1, 0.15) is 5.56 Å². The average molecular weight is 213 g/mol. The molecule has 2 rings (SSSR count). The van der Waals surface area contributed by atoms with E-state index in [1.165, 1.54) is 16.3 Å². The summed E-state index contributed by atoms with van der Waals surface area (Å²) in [6.07, 6.45) is 3.98. The minimum absolute atomic E-state index is 0.570. The molecule has 2 nitrogen and oxygen atoms in total. The minimum Gasteiger partial charge on any atom is -0.497 e. The van der Waals surface area contributed by atoms with Gasteiger partial charge in [0.25, 0.3) is 0 Å². The monoisotopic (exact) mass is 213 g/mol. The molecule has 82 valence electrons. The van der Waals surface area contributed by atoms with Crippen LogP contribution in [0.2, 0.25) is 0 Å². The summed E-state index contributed by atoms with van der Waals surface area (Å²) in [7, 11) is 1.68. The molecule has 2 aromatic carbocycles. The molecule has 2 heteroatoms. The van der Waals surface area contributed by atoms with E-state index in [0.29, 0.717) is 6.54 Å². The van der Waals surface area contributed by atoms with Crippen molar-refractivity contribution in [1.82, 2.24) is 0 Å². The summed E-state index contributed by atoms with van der Waals surface area (Å²) in [5, 5.41) is 2.39. The molecule has 0 saturated heterocycles. The molecule has 0 unspecified atom stereocenters. The van der Waals surface area contributed by atoms with E-state index < -0.39 is 0 Å². The molecule has 16 heavy (non-hydrogen) atoms. The zero-order chi connectivity index (χ0) is 11.4. The Morgan fingerprint density at radius 2 is 1.88 bits per heavy atom. The molecule has 0 aliphatic rings. The van der Waals surface area contributed by atoms with E-state index >= 15 is 0 Å². The van der Waals surface area contributed by atoms with Crippen molar-refractivity contribution in [2.75, 3.05) is 13.7 Å². The number of methoxy groups -OCH3 is 1. The standard InChI is InChI=1S/C14H15NO/c1-16-14-7-6-12-9-11(3-2-8-15)4-5-13(12)10-14/h2-7,9-10H,8,15H2,1H3. The van der Waals surface area contributed by atoms with Crippen LogP contribution in [-0.2, 0) is 0 Å². The Labute approximate surface area is 95.3 Å². The summed E-state index contributed by atoms with van der Waals surface area (Å²) in [4.78, 5) is 0. The molecule has 0 aliphatic heterocycles. The van der Waals surface area contributed by atoms with Gasteiger partial charge in [-0.25, -0.2) is 0 Å². The second-order valence-corrected chi connectivity index (χ2v) is 3.61. The van der Waals surface area contributed by atoms with Crippen molar-refractivity contribution in [1.29, 1.82) is 0 Å². The van der Waals surface area contributed by atoms with Gasteiger partial charge in [-0.15, -0.1) is 0 Å². The van der Waals surface area contributed by atoms with E-state index in [1.807, 2.05) is 24.3 Å². The SMILES string of the molecule is COc1ccc2cc(C=CCN)ccc2c1. The van der Waals surface area contributed by atoms with Crippen LogP contribution in [0.15, 0.2) is 42.5 Å². The maximum atomic E-state index is 5.42. The van der Waals surface area contributed by atoms with E-state index in [0.717, 1.165) is 5.75 Å². The van der Waals surface area contributed by atoms with Crippen molar-refractivity contribution in [3.05, 3.63) is 48.0 Å². The molecule has 0 bridgehead atoms. The lowest BCUT2D eigenvalue weighted by molar-refractivity contribution is 0.415. The van der Waals surface area contributed by atoms with Gasteiger partial charge < -0.3 is 10.5 Å². The average Bonchev–Trinajstić information content (AvgIpc) is 2.35. The Morgan fingerprint density at radius 3 is 2.62 bits per heavy atom. The Hall–Kier alpha value is -1.80. The summed E-state index contributed by atoms with van der Waals surface area (Å²) in [6.45, 7) is 0.570. The Kier molecular flexibility index (Phi) is 3.22. The van der Waals surface area contributed by atoms with Crippen LogP contribution in [0.3, 0.4) is 0 Å². The quantitative estimate of drug-likeness (QED) is 0.850. The van der Waals surface area contributed by atoms with Crippen molar-refractivity contribution in [3.8, 4) is 5.75 Å². The predicted molar refractivity (Wildman–Crippen MR) is 68.6 cm³/mol. The van der Waals surface area contributed by atoms with Crippen LogP contribution < -0.4 is 10.5 Å². The summed E-state index contributed by atoms with van der Waals surface area (Å²) in [5.41, 5.74) is 6.59. The predicted octanol–water partition coefficient (Wildman–Crippen LogP) is 2.82. The first-order valence-electron chi connectivity index (χ1n) is 5.28. The van der Waals surface area contributed by atoms with Gasteiger partial charge in [-0.3, -0.25) is 0 Å². The highest BCUT2D eigenvalue weighted by Gasteiger charge is 1.96. The van der Waals surface area contributed by atoms with Crippen LogP contribution in [0.5, 0.6) is 5.75 Å². The smallest absolute Gasteiger partial charge is 0.119 e. The van der Waals surface area contributed by atoms with Crippen molar-refractivity contribution in [2.45, 2.75) is 0 Å². The van der Waals surface area contributed by atoms with E-state index in [1.54, 1.807) is 7.11 Å². The zero-order valence-corrected chi connectivity index (χ0v) is 9.31. The maximum absolute atomic E-state index is 5.42. The van der Waals surface area contributed by atoms with Gasteiger partial charge in [0.2, 0.25) is 0 Å². The van der Waals surface area contributed by atoms with E-state index in [9.17, 15) is 0 Å². The summed E-state index contributed by atoms with van der Waals surface area (Å²) >= 11 is 0. The molecule has 0 amide bonds. The van der Waals surface area contributed by atoms with Gasteiger partial charge in [0.1, 0.15) is 5.75 Å². The lowest BCUT2D eigenvalue weighted by atomic mass is 10.1. The van der Waals surface area contributed by atoms with E-state index in [2.05, 4.69) is 24.3 Å². The molecule has 0 fully saturated rings. The van der Waals surface area contributed by atoms with Gasteiger partial charge in [0.05, 0.1) is 7.11 Å². The number of rotatable bonds is 3. The van der Waals surface area contributed by atoms with Gasteiger partial charge in [-0.1, -0.05) is 30.4 Å². The van der Waals surface area contributed by atoms with Crippen LogP contribution in [0.4, 0.5) is 0 Å². The first-order valence-corrected chi connectivity index (χ1v) is 5.28. The topological polar surface area (TPSA) is 35.2 Å². The molecular formula is C14H15NO. The zero-order valence-electron chi connectivity index (χ0n) is 9.31. The number of hydrogen-bond donors (Lipinski definition) is 1. The molecule has 0 heterocycles. The van der Waals surface area contributed by atoms with Crippen LogP contribution in [0, 0.1) is 0 Å². The minimum atomic E-state index is 0.570. The summed E-state index contributed by atoms with van der Waals surface area (Å²) in [5.74, 6) is 0.887. The van der Waals surface area contributed by atoms with Gasteiger partial charge in [-0.2, -0.15) is 0 Å². The van der Waals surface area contributed by atoms with Crippen molar-refractivity contribution >= 4 is 16.8 Å². The third-order valence-electron chi connectivity index (χ3n) is 2.52. The normalized spacial score (nSPS) is 11.1. The van der Waals surface area contributed by atoms with Crippen LogP contribution >= 0.6 is 0 Å². The lowest BCUT2D eigenvalue weighted by Gasteiger charge is -2.03. The molecule has 0 radical (unpaired) electrons. The fourth-order valence-electron chi connectivity index (χ4n) is 1.68. The first-order chi connectivity index (χ1) is 7.83. The Balaban J connectivity index is 2.43. The highest BCUT2D eigenvalue weighted by molar-refractivity contribution is 5.86. The van der Waals surface area contributed by atoms with E-state index in [4.69, 9.17) is 10.5 Å². The Bertz CT molecular complexity index is 517. The molecule has 0 atom stereocenters. The van der Waals surface area contributed by atoms with E-state index in [-0.39, 0.29) is 0 Å². The fourth-order valence-corrected chi connectivity index (χ4v) is 1.68. The number of hydrogen-bond acceptors (Lipinski definition) is 2. The molecule has 2 aromatic rings. The van der Waals surface area contributed by atoms with Crippen molar-refractivity contribution < 1.29 is 4.74 Å². The van der Waals surface area contributed by atoms with Gasteiger partial charge in [-0.05, 0) is 34.5 Å². The summed E-state index contributed by atoms with van der Waals surface area (Å²) < 4.78 is 5.19. The Morgan fingerprint density at radius 1 is 1.12 bits per heavy atom. The molecule has 2 N–H and O–H groups in total. The second kappa shape index (κ2) is 4.81. The fraction of sp³-hybridized carbons (Fsp3) is 0.143. The van der Waals surface area contributed by atoms with Gasteiger partial charge in [0.15, 0.2) is 0 Å². The van der Waals surface area contributed by atoms with Crippen LogP contribution in [0.25, 0.3) is 16.8 Å². The maximum Gasteiger partial charge on any atom is 0.119 e. The third-order valence-corrected chi connectivity index (χ3v) is 2.52. The molecule has 0 saturated carbocycles. The molecule has 0 aliphatic carbocycles. The van der Waals surface area contributed by atoms with Crippen LogP contribution in [-0.4, -0.2) is 13.7 Å².